The molecule has 0 fully saturated rings. The molecule has 0 bridgehead atoms. The molecule has 0 unspecified atom stereocenters. The van der Waals surface area contributed by atoms with Gasteiger partial charge in [0, 0.05) is 0 Å². The van der Waals surface area contributed by atoms with Crippen molar-refractivity contribution in [3.8, 4) is 0 Å². The molecule has 21 heavy (non-hydrogen) atoms. The minimum absolute atomic E-state index is 0.135. The Hall–Kier alpha value is -0.106. The van der Waals surface area contributed by atoms with E-state index in [-0.39, 0.29) is 7.53 Å². The maximum absolute atomic E-state index is 3.50. The molecule has 0 N–H and O–H groups in total. The Kier molecular flexibility index (Phi) is 10.5. The summed E-state index contributed by atoms with van der Waals surface area (Å²) in [6, 6.07) is 0. The van der Waals surface area contributed by atoms with Gasteiger partial charge < -0.3 is 10.6 Å². The molecule has 1 aliphatic rings. The molecule has 0 aliphatic heterocycles. The zero-order valence-corrected chi connectivity index (χ0v) is 17.2. The molecule has 0 spiro atoms. The summed E-state index contributed by atoms with van der Waals surface area (Å²) in [6.07, 6.45) is 5.81. The molecule has 1 heterocycles. The standard InChI is InChI=1S/C13H16P.2C2H6N.Ti/c1-9-10(2)12(4)14(11(9)3)13-7-5-6-8-13;2*1-3-2;/h5,7H,6H2,1-4H3;2*1-2H3;/q;2*-1;+2. The van der Waals surface area contributed by atoms with E-state index in [9.17, 15) is 0 Å². The molecule has 2 nitrogen and oxygen atoms in total. The summed E-state index contributed by atoms with van der Waals surface area (Å²) in [5.74, 6) is 0. The van der Waals surface area contributed by atoms with Crippen molar-refractivity contribution in [3.63, 3.8) is 0 Å². The normalized spacial score (nSPS) is 12.9. The fourth-order valence-electron chi connectivity index (χ4n) is 2.19. The number of hydrogen-bond acceptors (Lipinski definition) is 0. The van der Waals surface area contributed by atoms with Crippen LogP contribution < -0.4 is 0 Å². The molecule has 0 saturated heterocycles. The molecule has 0 amide bonds. The van der Waals surface area contributed by atoms with Gasteiger partial charge in [0.25, 0.3) is 0 Å². The average Bonchev–Trinajstić information content (AvgIpc) is 2.91. The van der Waals surface area contributed by atoms with Crippen molar-refractivity contribution in [1.29, 1.82) is 0 Å². The molecule has 2 rings (SSSR count). The number of rotatable bonds is 1. The molecule has 1 aromatic rings. The zero-order chi connectivity index (χ0) is 16.6. The minimum atomic E-state index is -0.135. The molecule has 0 saturated carbocycles. The first-order valence-electron chi connectivity index (χ1n) is 7.09. The third kappa shape index (κ3) is 5.55. The molecule has 0 aromatic carbocycles. The Balaban J connectivity index is 0.000000578. The molecule has 1 aliphatic carbocycles. The van der Waals surface area contributed by atoms with E-state index in [1.165, 1.54) is 11.1 Å². The summed E-state index contributed by atoms with van der Waals surface area (Å²) < 4.78 is 1.57. The second-order valence-electron chi connectivity index (χ2n) is 5.12. The van der Waals surface area contributed by atoms with Crippen LogP contribution in [0.25, 0.3) is 15.9 Å². The van der Waals surface area contributed by atoms with Gasteiger partial charge in [-0.2, -0.15) is 28.2 Å². The fourth-order valence-corrected chi connectivity index (χ4v) is 5.88. The van der Waals surface area contributed by atoms with Gasteiger partial charge in [0.1, 0.15) is 0 Å². The quantitative estimate of drug-likeness (QED) is 0.577. The van der Waals surface area contributed by atoms with Crippen LogP contribution in [0.1, 0.15) is 28.1 Å². The van der Waals surface area contributed by atoms with Crippen molar-refractivity contribution in [3.05, 3.63) is 48.4 Å². The predicted molar refractivity (Wildman–Crippen MR) is 95.5 cm³/mol. The first kappa shape index (κ1) is 20.9. The number of allylic oxidation sites excluding steroid dienone is 4. The summed E-state index contributed by atoms with van der Waals surface area (Å²) in [7, 11) is 6.87. The molecule has 0 atom stereocenters. The Morgan fingerprint density at radius 1 is 0.905 bits per heavy atom. The van der Waals surface area contributed by atoms with Crippen LogP contribution >= 0.6 is 7.53 Å². The van der Waals surface area contributed by atoms with Gasteiger partial charge >= 0.3 is 105 Å². The molecular formula is C17H28N2PTi. The van der Waals surface area contributed by atoms with Crippen LogP contribution in [0.3, 0.4) is 0 Å². The van der Waals surface area contributed by atoms with E-state index in [2.05, 4.69) is 70.9 Å². The molecule has 1 aromatic heterocycles. The van der Waals surface area contributed by atoms with Crippen LogP contribution in [0.4, 0.5) is 0 Å². The Morgan fingerprint density at radius 3 is 1.57 bits per heavy atom. The van der Waals surface area contributed by atoms with E-state index in [0.29, 0.717) is 0 Å². The van der Waals surface area contributed by atoms with Crippen LogP contribution in [0.15, 0.2) is 16.0 Å². The Morgan fingerprint density at radius 2 is 1.29 bits per heavy atom. The molecule has 4 heteroatoms. The zero-order valence-electron chi connectivity index (χ0n) is 14.7. The first-order chi connectivity index (χ1) is 9.87. The molecule has 0 radical (unpaired) electrons. The van der Waals surface area contributed by atoms with E-state index in [1.807, 2.05) is 0 Å². The van der Waals surface area contributed by atoms with Crippen molar-refractivity contribution in [1.82, 2.24) is 0 Å². The van der Waals surface area contributed by atoms with Crippen LogP contribution in [0.2, 0.25) is 0 Å². The van der Waals surface area contributed by atoms with Crippen LogP contribution in [0, 0.1) is 27.7 Å². The number of hydrogen-bond donors (Lipinski definition) is 0. The van der Waals surface area contributed by atoms with Gasteiger partial charge in [-0.25, -0.2) is 0 Å². The molecule has 115 valence electrons. The third-order valence-corrected chi connectivity index (χ3v) is 7.45. The SMILES string of the molecule is C[N-]C.C[N-]C.Cc1c(C)c(C)p(C2=[C]([Ti+2])CC=C2)c1C. The van der Waals surface area contributed by atoms with Crippen molar-refractivity contribution >= 4 is 12.8 Å². The van der Waals surface area contributed by atoms with Crippen LogP contribution in [0.5, 0.6) is 0 Å². The van der Waals surface area contributed by atoms with Gasteiger partial charge in [-0.05, 0) is 0 Å². The van der Waals surface area contributed by atoms with E-state index < -0.39 is 0 Å². The summed E-state index contributed by atoms with van der Waals surface area (Å²) >= 11 is 2.28. The van der Waals surface area contributed by atoms with E-state index in [4.69, 9.17) is 0 Å². The predicted octanol–water partition coefficient (Wildman–Crippen LogP) is 5.82. The van der Waals surface area contributed by atoms with Gasteiger partial charge in [-0.15, -0.1) is 0 Å². The Labute approximate surface area is 143 Å². The van der Waals surface area contributed by atoms with E-state index in [0.717, 1.165) is 6.42 Å². The average molecular weight is 339 g/mol. The first-order valence-corrected chi connectivity index (χ1v) is 9.22. The summed E-state index contributed by atoms with van der Waals surface area (Å²) in [6.45, 7) is 9.16. The van der Waals surface area contributed by atoms with Gasteiger partial charge in [-0.1, -0.05) is 0 Å². The molecular weight excluding hydrogens is 311 g/mol. The van der Waals surface area contributed by atoms with Crippen molar-refractivity contribution in [2.45, 2.75) is 34.1 Å². The Bertz CT molecular complexity index is 486. The van der Waals surface area contributed by atoms with Crippen LogP contribution in [-0.4, -0.2) is 28.2 Å². The number of nitrogens with zero attached hydrogens (tertiary/aromatic N) is 2. The van der Waals surface area contributed by atoms with Crippen LogP contribution in [-0.2, 0) is 20.4 Å². The second-order valence-corrected chi connectivity index (χ2v) is 8.56. The summed E-state index contributed by atoms with van der Waals surface area (Å²) in [5, 5.41) is 11.8. The topological polar surface area (TPSA) is 28.2 Å². The summed E-state index contributed by atoms with van der Waals surface area (Å²) in [5.41, 5.74) is 3.05. The third-order valence-electron chi connectivity index (χ3n) is 3.47. The monoisotopic (exact) mass is 339 g/mol. The van der Waals surface area contributed by atoms with Gasteiger partial charge in [0.2, 0.25) is 0 Å². The van der Waals surface area contributed by atoms with Crippen molar-refractivity contribution in [2.75, 3.05) is 28.2 Å². The van der Waals surface area contributed by atoms with E-state index in [1.54, 1.807) is 48.0 Å². The van der Waals surface area contributed by atoms with Gasteiger partial charge in [-0.3, -0.25) is 0 Å². The fraction of sp³-hybridized carbons (Fsp3) is 0.529. The van der Waals surface area contributed by atoms with Gasteiger partial charge in [0.15, 0.2) is 0 Å². The van der Waals surface area contributed by atoms with Gasteiger partial charge in [0.05, 0.1) is 0 Å². The second kappa shape index (κ2) is 10.6. The van der Waals surface area contributed by atoms with Crippen molar-refractivity contribution in [2.24, 2.45) is 0 Å². The van der Waals surface area contributed by atoms with E-state index >= 15 is 0 Å². The maximum atomic E-state index is 3.50. The summed E-state index contributed by atoms with van der Waals surface area (Å²) in [4.78, 5) is 0. The van der Waals surface area contributed by atoms with Crippen molar-refractivity contribution < 1.29 is 20.4 Å².